The maximum atomic E-state index is 11.2. The molecular formula is C14H23N3O10. The quantitative estimate of drug-likeness (QED) is 0.182. The van der Waals surface area contributed by atoms with E-state index in [-0.39, 0.29) is 26.2 Å². The summed E-state index contributed by atoms with van der Waals surface area (Å²) >= 11 is 0. The summed E-state index contributed by atoms with van der Waals surface area (Å²) in [7, 11) is 0. The maximum absolute atomic E-state index is 11.2. The van der Waals surface area contributed by atoms with Crippen LogP contribution in [0.4, 0.5) is 0 Å². The lowest BCUT2D eigenvalue weighted by molar-refractivity contribution is -0.143. The molecule has 0 aliphatic heterocycles. The van der Waals surface area contributed by atoms with Gasteiger partial charge in [-0.1, -0.05) is 0 Å². The van der Waals surface area contributed by atoms with Crippen molar-refractivity contribution in [2.45, 2.75) is 0 Å². The molecule has 0 heterocycles. The van der Waals surface area contributed by atoms with Crippen molar-refractivity contribution in [3.8, 4) is 0 Å². The van der Waals surface area contributed by atoms with E-state index >= 15 is 0 Å². The van der Waals surface area contributed by atoms with Crippen LogP contribution in [0.2, 0.25) is 0 Å². The summed E-state index contributed by atoms with van der Waals surface area (Å²) in [5, 5.41) is 39.2. The molecule has 0 fully saturated rings. The van der Waals surface area contributed by atoms with Gasteiger partial charge in [0, 0.05) is 26.2 Å². The molecular weight excluding hydrogens is 370 g/mol. The van der Waals surface area contributed by atoms with Crippen LogP contribution in [0.15, 0.2) is 0 Å². The molecule has 13 nitrogen and oxygen atoms in total. The summed E-state index contributed by atoms with van der Waals surface area (Å²) < 4.78 is 6.51. The van der Waals surface area contributed by atoms with Gasteiger partial charge in [-0.15, -0.1) is 0 Å². The Morgan fingerprint density at radius 1 is 0.519 bits per heavy atom. The van der Waals surface area contributed by atoms with Crippen LogP contribution in [-0.2, 0) is 24.0 Å². The van der Waals surface area contributed by atoms with Crippen LogP contribution in [0.25, 0.3) is 1.43 Å². The molecule has 0 spiro atoms. The van der Waals surface area contributed by atoms with Gasteiger partial charge in [0.2, 0.25) is 0 Å². The summed E-state index contributed by atoms with van der Waals surface area (Å²) in [6, 6.07) is 0. The van der Waals surface area contributed by atoms with Crippen molar-refractivity contribution in [3.63, 3.8) is 0 Å². The highest BCUT2D eigenvalue weighted by Gasteiger charge is 2.19. The molecule has 0 amide bonds. The Bertz CT molecular complexity index is 558. The Morgan fingerprint density at radius 3 is 1.07 bits per heavy atom. The largest absolute Gasteiger partial charge is 0.480 e. The topological polar surface area (TPSA) is 196 Å². The molecule has 27 heavy (non-hydrogen) atoms. The van der Waals surface area contributed by atoms with E-state index in [1.165, 1.54) is 4.90 Å². The lowest BCUT2D eigenvalue weighted by atomic mass is 10.3. The molecule has 5 N–H and O–H groups in total. The molecule has 0 aliphatic carbocycles. The third-order valence-corrected chi connectivity index (χ3v) is 3.25. The Morgan fingerprint density at radius 2 is 0.778 bits per heavy atom. The minimum absolute atomic E-state index is 0.00115. The van der Waals surface area contributed by atoms with Crippen molar-refractivity contribution in [2.24, 2.45) is 0 Å². The van der Waals surface area contributed by atoms with E-state index in [9.17, 15) is 24.0 Å². The average molecular weight is 394 g/mol. The van der Waals surface area contributed by atoms with E-state index in [0.717, 1.165) is 9.80 Å². The van der Waals surface area contributed by atoms with Gasteiger partial charge < -0.3 is 25.5 Å². The van der Waals surface area contributed by atoms with Gasteiger partial charge in [-0.05, 0) is 0 Å². The van der Waals surface area contributed by atoms with Crippen LogP contribution in [0.1, 0.15) is 0 Å². The van der Waals surface area contributed by atoms with Crippen molar-refractivity contribution in [1.82, 2.24) is 14.7 Å². The molecule has 13 heteroatoms. The fraction of sp³-hybridized carbons (Fsp3) is 0.643. The molecule has 0 saturated heterocycles. The predicted octanol–water partition coefficient (Wildman–Crippen LogP) is -2.68. The average Bonchev–Trinajstić information content (AvgIpc) is 2.54. The predicted molar refractivity (Wildman–Crippen MR) is 87.5 cm³/mol. The van der Waals surface area contributed by atoms with Gasteiger partial charge in [0.05, 0.1) is 32.7 Å². The van der Waals surface area contributed by atoms with Crippen LogP contribution in [0.5, 0.6) is 0 Å². The number of carbonyl (C=O) groups is 5. The minimum Gasteiger partial charge on any atom is -0.480 e. The molecule has 0 aromatic rings. The van der Waals surface area contributed by atoms with Crippen molar-refractivity contribution in [3.05, 3.63) is 0 Å². The van der Waals surface area contributed by atoms with Crippen molar-refractivity contribution >= 4 is 29.8 Å². The first-order chi connectivity index (χ1) is 13.0. The number of carboxylic acids is 5. The van der Waals surface area contributed by atoms with Crippen molar-refractivity contribution in [1.29, 1.82) is 1.43 Å². The van der Waals surface area contributed by atoms with Crippen molar-refractivity contribution < 1.29 is 49.5 Å². The first kappa shape index (κ1) is 22.3. The lowest BCUT2D eigenvalue weighted by Gasteiger charge is -2.27. The Balaban J connectivity index is 4.90. The molecule has 0 atom stereocenters. The first-order valence-corrected chi connectivity index (χ1v) is 7.73. The molecule has 0 aliphatic rings. The van der Waals surface area contributed by atoms with E-state index in [1.54, 1.807) is 0 Å². The standard InChI is InChI=1S/C14H23N3O10/c18-10(19)5-15(1-3-16(6-11(20)21)7-12(22)23)2-4-17(8-13(24)25)9-14(26)27/h1-9H2,(H,18,19)(H,20,21)(H,22,23)(H,24,25)(H,26,27)/i/hD. The fourth-order valence-electron chi connectivity index (χ4n) is 2.21. The highest BCUT2D eigenvalue weighted by Crippen LogP contribution is 1.97. The Kier molecular flexibility index (Phi) is 10.4. The van der Waals surface area contributed by atoms with Gasteiger partial charge in [-0.25, -0.2) is 0 Å². The molecule has 0 radical (unpaired) electrons. The molecule has 0 aromatic heterocycles. The minimum atomic E-state index is -1.24. The molecule has 0 saturated carbocycles. The van der Waals surface area contributed by atoms with Gasteiger partial charge in [0.1, 0.15) is 0 Å². The summed E-state index contributed by atoms with van der Waals surface area (Å²) in [6.07, 6.45) is 0. The Labute approximate surface area is 155 Å². The summed E-state index contributed by atoms with van der Waals surface area (Å²) in [5.41, 5.74) is 0. The monoisotopic (exact) mass is 394 g/mol. The third-order valence-electron chi connectivity index (χ3n) is 3.25. The summed E-state index contributed by atoms with van der Waals surface area (Å²) in [4.78, 5) is 58.2. The number of aliphatic carboxylic acids is 5. The highest BCUT2D eigenvalue weighted by molar-refractivity contribution is 5.73. The molecule has 0 unspecified atom stereocenters. The number of hydrogen-bond donors (Lipinski definition) is 5. The number of hydrogen-bond acceptors (Lipinski definition) is 9. The van der Waals surface area contributed by atoms with Crippen LogP contribution in [0, 0.1) is 0 Å². The van der Waals surface area contributed by atoms with Gasteiger partial charge in [0.25, 0.3) is 1.43 Å². The van der Waals surface area contributed by atoms with Gasteiger partial charge in [-0.2, -0.15) is 0 Å². The second-order valence-corrected chi connectivity index (χ2v) is 5.64. The molecule has 0 bridgehead atoms. The smallest absolute Gasteiger partial charge is 0.317 e. The first-order valence-electron chi connectivity index (χ1n) is 8.14. The number of nitrogens with zero attached hydrogens (tertiary/aromatic N) is 3. The van der Waals surface area contributed by atoms with Gasteiger partial charge in [0.15, 0.2) is 0 Å². The number of rotatable bonds is 16. The van der Waals surface area contributed by atoms with E-state index in [4.69, 9.17) is 21.9 Å². The lowest BCUT2D eigenvalue weighted by Crippen LogP contribution is -2.45. The van der Waals surface area contributed by atoms with Crippen LogP contribution < -0.4 is 0 Å². The zero-order chi connectivity index (χ0) is 21.7. The molecule has 0 rings (SSSR count). The van der Waals surface area contributed by atoms with Gasteiger partial charge in [-0.3, -0.25) is 38.7 Å². The SMILES string of the molecule is [2H]OC(=O)CN(CCN(CCN(CC(=O)O)CC(=O)O)CC(=O)O)CC(=O)O. The fourth-order valence-corrected chi connectivity index (χ4v) is 2.21. The van der Waals surface area contributed by atoms with Crippen LogP contribution in [0.3, 0.4) is 0 Å². The normalized spacial score (nSPS) is 11.4. The second kappa shape index (κ2) is 12.6. The van der Waals surface area contributed by atoms with Crippen LogP contribution in [-0.4, -0.2) is 129 Å². The number of carboxylic acid groups (broad SMARTS) is 5. The van der Waals surface area contributed by atoms with Crippen LogP contribution >= 0.6 is 0 Å². The highest BCUT2D eigenvalue weighted by atomic mass is 16.4. The zero-order valence-corrected chi connectivity index (χ0v) is 14.4. The Hall–Kier alpha value is -2.77. The van der Waals surface area contributed by atoms with E-state index < -0.39 is 62.6 Å². The van der Waals surface area contributed by atoms with E-state index in [1.807, 2.05) is 0 Å². The summed E-state index contributed by atoms with van der Waals surface area (Å²) in [5.74, 6) is -5.91. The zero-order valence-electron chi connectivity index (χ0n) is 15.4. The third kappa shape index (κ3) is 14.1. The van der Waals surface area contributed by atoms with E-state index in [0.29, 0.717) is 0 Å². The second-order valence-electron chi connectivity index (χ2n) is 5.64. The summed E-state index contributed by atoms with van der Waals surface area (Å²) in [6.45, 7) is -2.69. The van der Waals surface area contributed by atoms with Gasteiger partial charge >= 0.3 is 29.8 Å². The van der Waals surface area contributed by atoms with Crippen molar-refractivity contribution in [2.75, 3.05) is 58.9 Å². The maximum Gasteiger partial charge on any atom is 0.317 e. The molecule has 0 aromatic carbocycles. The molecule has 154 valence electrons. The van der Waals surface area contributed by atoms with E-state index in [2.05, 4.69) is 5.11 Å².